The minimum absolute atomic E-state index is 0.152. The van der Waals surface area contributed by atoms with Crippen LogP contribution in [0.5, 0.6) is 0 Å². The number of fused-ring (bicyclic) bond motifs is 1. The third-order valence-electron chi connectivity index (χ3n) is 4.87. The predicted molar refractivity (Wildman–Crippen MR) is 106 cm³/mol. The molecule has 1 N–H and O–H groups in total. The maximum atomic E-state index is 13.7. The largest absolute Gasteiger partial charge is 0.334 e. The van der Waals surface area contributed by atoms with E-state index in [-0.39, 0.29) is 25.4 Å². The molecule has 1 aromatic carbocycles. The van der Waals surface area contributed by atoms with E-state index < -0.39 is 23.2 Å². The van der Waals surface area contributed by atoms with Gasteiger partial charge in [0, 0.05) is 24.4 Å². The molecule has 3 rings (SSSR count). The van der Waals surface area contributed by atoms with Crippen molar-refractivity contribution in [3.05, 3.63) is 53.1 Å². The average molecular weight is 416 g/mol. The summed E-state index contributed by atoms with van der Waals surface area (Å²) < 4.78 is 29.0. The van der Waals surface area contributed by atoms with Crippen LogP contribution in [0.4, 0.5) is 14.5 Å². The van der Waals surface area contributed by atoms with E-state index in [9.17, 15) is 18.4 Å². The normalized spacial score (nSPS) is 11.0. The van der Waals surface area contributed by atoms with Gasteiger partial charge in [-0.3, -0.25) is 9.59 Å². The summed E-state index contributed by atoms with van der Waals surface area (Å²) in [4.78, 5) is 34.7. The first-order chi connectivity index (χ1) is 14.3. The lowest BCUT2D eigenvalue weighted by atomic mass is 10.1. The van der Waals surface area contributed by atoms with E-state index in [0.29, 0.717) is 12.2 Å². The van der Waals surface area contributed by atoms with E-state index in [2.05, 4.69) is 20.4 Å². The second-order valence-corrected chi connectivity index (χ2v) is 6.79. The molecule has 0 aliphatic carbocycles. The fourth-order valence-electron chi connectivity index (χ4n) is 3.25. The van der Waals surface area contributed by atoms with Crippen molar-refractivity contribution < 1.29 is 18.4 Å². The lowest BCUT2D eigenvalue weighted by molar-refractivity contribution is -0.134. The SMILES string of the molecule is CCN(CC(=O)Nc1c(F)cccc1F)C(=O)CCc1c(C)nc2ncnn2c1C. The smallest absolute Gasteiger partial charge is 0.252 e. The topological polar surface area (TPSA) is 92.5 Å². The fourth-order valence-corrected chi connectivity index (χ4v) is 3.25. The first-order valence-corrected chi connectivity index (χ1v) is 9.49. The monoisotopic (exact) mass is 416 g/mol. The standard InChI is InChI=1S/C20H22F2N6O2/c1-4-27(10-17(29)26-19-15(21)6-5-7-16(19)22)18(30)9-8-14-12(2)25-20-23-11-24-28(20)13(14)3/h5-7,11H,4,8-10H2,1-3H3,(H,26,29). The number of nitrogens with one attached hydrogen (secondary N) is 1. The van der Waals surface area contributed by atoms with Crippen molar-refractivity contribution in [3.63, 3.8) is 0 Å². The highest BCUT2D eigenvalue weighted by Crippen LogP contribution is 2.18. The van der Waals surface area contributed by atoms with Gasteiger partial charge in [0.15, 0.2) is 0 Å². The van der Waals surface area contributed by atoms with Gasteiger partial charge < -0.3 is 10.2 Å². The number of aromatic nitrogens is 4. The van der Waals surface area contributed by atoms with E-state index in [1.165, 1.54) is 17.3 Å². The van der Waals surface area contributed by atoms with Crippen LogP contribution < -0.4 is 5.32 Å². The van der Waals surface area contributed by atoms with Gasteiger partial charge in [0.25, 0.3) is 5.78 Å². The molecule has 0 unspecified atom stereocenters. The molecule has 0 saturated heterocycles. The second-order valence-electron chi connectivity index (χ2n) is 6.79. The minimum Gasteiger partial charge on any atom is -0.334 e. The number of rotatable bonds is 7. The van der Waals surface area contributed by atoms with Crippen molar-refractivity contribution in [3.8, 4) is 0 Å². The molecule has 2 heterocycles. The Bertz CT molecular complexity index is 1080. The molecule has 0 spiro atoms. The zero-order chi connectivity index (χ0) is 21.8. The van der Waals surface area contributed by atoms with E-state index in [1.54, 1.807) is 11.4 Å². The average Bonchev–Trinajstić information content (AvgIpc) is 3.17. The van der Waals surface area contributed by atoms with Gasteiger partial charge in [-0.2, -0.15) is 10.1 Å². The summed E-state index contributed by atoms with van der Waals surface area (Å²) in [5, 5.41) is 6.32. The maximum Gasteiger partial charge on any atom is 0.252 e. The number of carbonyl (C=O) groups excluding carboxylic acids is 2. The third-order valence-corrected chi connectivity index (χ3v) is 4.87. The maximum absolute atomic E-state index is 13.7. The molecule has 3 aromatic rings. The van der Waals surface area contributed by atoms with Crippen LogP contribution in [0.3, 0.4) is 0 Å². The molecule has 0 saturated carbocycles. The van der Waals surface area contributed by atoms with Crippen molar-refractivity contribution in [2.75, 3.05) is 18.4 Å². The van der Waals surface area contributed by atoms with Gasteiger partial charge in [0.1, 0.15) is 23.6 Å². The Balaban J connectivity index is 1.64. The van der Waals surface area contributed by atoms with E-state index in [1.807, 2.05) is 13.8 Å². The number of amides is 2. The summed E-state index contributed by atoms with van der Waals surface area (Å²) >= 11 is 0. The van der Waals surface area contributed by atoms with Crippen LogP contribution in [-0.2, 0) is 16.0 Å². The van der Waals surface area contributed by atoms with E-state index in [0.717, 1.165) is 29.1 Å². The number of anilines is 1. The third kappa shape index (κ3) is 4.42. The quantitative estimate of drug-likeness (QED) is 0.639. The highest BCUT2D eigenvalue weighted by atomic mass is 19.1. The van der Waals surface area contributed by atoms with Gasteiger partial charge >= 0.3 is 0 Å². The van der Waals surface area contributed by atoms with Crippen molar-refractivity contribution in [1.29, 1.82) is 0 Å². The predicted octanol–water partition coefficient (Wildman–Crippen LogP) is 2.44. The van der Waals surface area contributed by atoms with Crippen molar-refractivity contribution in [1.82, 2.24) is 24.5 Å². The van der Waals surface area contributed by atoms with E-state index in [4.69, 9.17) is 0 Å². The van der Waals surface area contributed by atoms with Crippen molar-refractivity contribution >= 4 is 23.3 Å². The number of benzene rings is 1. The molecule has 0 radical (unpaired) electrons. The first kappa shape index (κ1) is 21.3. The molecule has 2 amide bonds. The van der Waals surface area contributed by atoms with E-state index >= 15 is 0 Å². The van der Waals surface area contributed by atoms with Crippen molar-refractivity contribution in [2.45, 2.75) is 33.6 Å². The molecule has 158 valence electrons. The zero-order valence-electron chi connectivity index (χ0n) is 16.9. The zero-order valence-corrected chi connectivity index (χ0v) is 16.9. The Hall–Kier alpha value is -3.43. The number of hydrogen-bond acceptors (Lipinski definition) is 5. The summed E-state index contributed by atoms with van der Waals surface area (Å²) in [6.07, 6.45) is 1.98. The number of halogens is 2. The van der Waals surface area contributed by atoms with Gasteiger partial charge in [-0.1, -0.05) is 6.07 Å². The number of para-hydroxylation sites is 1. The molecule has 0 bridgehead atoms. The van der Waals surface area contributed by atoms with Gasteiger partial charge in [-0.25, -0.2) is 18.3 Å². The van der Waals surface area contributed by atoms with Gasteiger partial charge in [0.2, 0.25) is 11.8 Å². The van der Waals surface area contributed by atoms with Crippen LogP contribution >= 0.6 is 0 Å². The van der Waals surface area contributed by atoms with Gasteiger partial charge in [-0.15, -0.1) is 0 Å². The Labute approximate surface area is 171 Å². The Morgan fingerprint density at radius 3 is 2.57 bits per heavy atom. The highest BCUT2D eigenvalue weighted by Gasteiger charge is 2.19. The Morgan fingerprint density at radius 1 is 1.20 bits per heavy atom. The van der Waals surface area contributed by atoms with Crippen LogP contribution in [-0.4, -0.2) is 49.4 Å². The molecule has 30 heavy (non-hydrogen) atoms. The summed E-state index contributed by atoms with van der Waals surface area (Å²) in [6, 6.07) is 3.30. The fraction of sp³-hybridized carbons (Fsp3) is 0.350. The Kier molecular flexibility index (Phi) is 6.34. The lowest BCUT2D eigenvalue weighted by Gasteiger charge is -2.21. The molecule has 8 nitrogen and oxygen atoms in total. The lowest BCUT2D eigenvalue weighted by Crippen LogP contribution is -2.38. The molecule has 0 aliphatic rings. The Morgan fingerprint density at radius 2 is 1.90 bits per heavy atom. The van der Waals surface area contributed by atoms with Crippen LogP contribution in [0.15, 0.2) is 24.5 Å². The summed E-state index contributed by atoms with van der Waals surface area (Å²) in [5.74, 6) is -2.18. The van der Waals surface area contributed by atoms with Crippen LogP contribution in [0.25, 0.3) is 5.78 Å². The second kappa shape index (κ2) is 8.93. The number of likely N-dealkylation sites (N-methyl/N-ethyl adjacent to an activating group) is 1. The molecular weight excluding hydrogens is 394 g/mol. The number of hydrogen-bond donors (Lipinski definition) is 1. The number of carbonyl (C=O) groups is 2. The van der Waals surface area contributed by atoms with Crippen LogP contribution in [0.1, 0.15) is 30.3 Å². The molecule has 2 aromatic heterocycles. The van der Waals surface area contributed by atoms with Crippen LogP contribution in [0, 0.1) is 25.5 Å². The number of aryl methyl sites for hydroxylation is 2. The van der Waals surface area contributed by atoms with Gasteiger partial charge in [0.05, 0.1) is 6.54 Å². The molecule has 0 atom stereocenters. The highest BCUT2D eigenvalue weighted by molar-refractivity contribution is 5.94. The molecule has 10 heteroatoms. The molecule has 0 aliphatic heterocycles. The summed E-state index contributed by atoms with van der Waals surface area (Å²) in [5.41, 5.74) is 1.97. The first-order valence-electron chi connectivity index (χ1n) is 9.49. The van der Waals surface area contributed by atoms with Crippen molar-refractivity contribution in [2.24, 2.45) is 0 Å². The molecule has 0 fully saturated rings. The van der Waals surface area contributed by atoms with Crippen LogP contribution in [0.2, 0.25) is 0 Å². The molecular formula is C20H22F2N6O2. The number of nitrogens with zero attached hydrogens (tertiary/aromatic N) is 5. The van der Waals surface area contributed by atoms with Gasteiger partial charge in [-0.05, 0) is 44.9 Å². The summed E-state index contributed by atoms with van der Waals surface area (Å²) in [6.45, 7) is 5.43. The minimum atomic E-state index is -0.875. The summed E-state index contributed by atoms with van der Waals surface area (Å²) in [7, 11) is 0.